The van der Waals surface area contributed by atoms with Gasteiger partial charge >= 0.3 is 12.1 Å². The van der Waals surface area contributed by atoms with E-state index in [1.807, 2.05) is 13.8 Å². The molecule has 0 aliphatic carbocycles. The van der Waals surface area contributed by atoms with Gasteiger partial charge < -0.3 is 5.11 Å². The SMILES string of the molecule is Cc1nn(-c2nc(-c3ccc(C(F)(F)F)cc3)c(SC(C)C)s2)c(C(=O)O)c1-c1ccc(F)cc1. The molecular formula is C24H19F4N3O2S2. The van der Waals surface area contributed by atoms with E-state index >= 15 is 0 Å². The molecule has 0 fully saturated rings. The third-order valence-electron chi connectivity index (χ3n) is 4.99. The van der Waals surface area contributed by atoms with Crippen LogP contribution >= 0.6 is 23.1 Å². The Hall–Kier alpha value is -3.18. The van der Waals surface area contributed by atoms with Gasteiger partial charge in [0.25, 0.3) is 0 Å². The van der Waals surface area contributed by atoms with Crippen LogP contribution in [0.1, 0.15) is 35.6 Å². The Bertz CT molecular complexity index is 1380. The van der Waals surface area contributed by atoms with Gasteiger partial charge in [-0.2, -0.15) is 23.0 Å². The van der Waals surface area contributed by atoms with E-state index in [9.17, 15) is 27.5 Å². The maximum atomic E-state index is 13.4. The van der Waals surface area contributed by atoms with Crippen LogP contribution in [0.2, 0.25) is 0 Å². The third-order valence-corrected chi connectivity index (χ3v) is 7.23. The van der Waals surface area contributed by atoms with Crippen molar-refractivity contribution < 1.29 is 27.5 Å². The number of thioether (sulfide) groups is 1. The van der Waals surface area contributed by atoms with E-state index < -0.39 is 23.5 Å². The van der Waals surface area contributed by atoms with Crippen molar-refractivity contribution in [3.63, 3.8) is 0 Å². The number of carbonyl (C=O) groups is 1. The molecule has 4 aromatic rings. The first-order valence-electron chi connectivity index (χ1n) is 10.4. The highest BCUT2D eigenvalue weighted by Gasteiger charge is 2.31. The van der Waals surface area contributed by atoms with Gasteiger partial charge in [-0.1, -0.05) is 49.4 Å². The summed E-state index contributed by atoms with van der Waals surface area (Å²) in [6.45, 7) is 5.58. The number of aromatic carboxylic acids is 1. The molecule has 0 aliphatic rings. The third kappa shape index (κ3) is 5.10. The lowest BCUT2D eigenvalue weighted by Crippen LogP contribution is -2.09. The van der Waals surface area contributed by atoms with Crippen LogP contribution in [0.5, 0.6) is 0 Å². The van der Waals surface area contributed by atoms with E-state index in [1.54, 1.807) is 6.92 Å². The molecule has 0 saturated heterocycles. The van der Waals surface area contributed by atoms with Crippen LogP contribution < -0.4 is 0 Å². The maximum absolute atomic E-state index is 13.4. The zero-order chi connectivity index (χ0) is 25.5. The maximum Gasteiger partial charge on any atom is 0.416 e. The molecule has 0 bridgehead atoms. The van der Waals surface area contributed by atoms with Crippen molar-refractivity contribution in [3.8, 4) is 27.5 Å². The summed E-state index contributed by atoms with van der Waals surface area (Å²) < 4.78 is 54.4. The zero-order valence-corrected chi connectivity index (χ0v) is 20.4. The highest BCUT2D eigenvalue weighted by Crippen LogP contribution is 2.41. The van der Waals surface area contributed by atoms with E-state index in [0.29, 0.717) is 28.1 Å². The largest absolute Gasteiger partial charge is 0.476 e. The Morgan fingerprint density at radius 3 is 2.20 bits per heavy atom. The van der Waals surface area contributed by atoms with E-state index in [2.05, 4.69) is 10.1 Å². The predicted molar refractivity (Wildman–Crippen MR) is 128 cm³/mol. The molecule has 0 spiro atoms. The highest BCUT2D eigenvalue weighted by atomic mass is 32.2. The molecule has 0 saturated carbocycles. The molecule has 2 aromatic carbocycles. The number of alkyl halides is 3. The van der Waals surface area contributed by atoms with Crippen molar-refractivity contribution in [1.82, 2.24) is 14.8 Å². The lowest BCUT2D eigenvalue weighted by Gasteiger charge is -2.08. The predicted octanol–water partition coefficient (Wildman–Crippen LogP) is 7.33. The summed E-state index contributed by atoms with van der Waals surface area (Å²) >= 11 is 2.68. The van der Waals surface area contributed by atoms with Crippen molar-refractivity contribution in [2.75, 3.05) is 0 Å². The van der Waals surface area contributed by atoms with Crippen LogP contribution in [-0.2, 0) is 6.18 Å². The topological polar surface area (TPSA) is 68.0 Å². The van der Waals surface area contributed by atoms with Gasteiger partial charge in [-0.3, -0.25) is 0 Å². The summed E-state index contributed by atoms with van der Waals surface area (Å²) in [6.07, 6.45) is -4.46. The number of carboxylic acids is 1. The fourth-order valence-electron chi connectivity index (χ4n) is 3.50. The van der Waals surface area contributed by atoms with Crippen molar-refractivity contribution in [3.05, 3.63) is 71.3 Å². The monoisotopic (exact) mass is 521 g/mol. The minimum Gasteiger partial charge on any atom is -0.476 e. The number of rotatable bonds is 6. The summed E-state index contributed by atoms with van der Waals surface area (Å²) in [5.74, 6) is -1.69. The first-order chi connectivity index (χ1) is 16.5. The Morgan fingerprint density at radius 1 is 1.06 bits per heavy atom. The average Bonchev–Trinajstić information content (AvgIpc) is 3.34. The highest BCUT2D eigenvalue weighted by molar-refractivity contribution is 8.01. The molecule has 5 nitrogen and oxygen atoms in total. The molecule has 0 amide bonds. The fourth-order valence-corrected chi connectivity index (χ4v) is 5.98. The lowest BCUT2D eigenvalue weighted by molar-refractivity contribution is -0.137. The van der Waals surface area contributed by atoms with Gasteiger partial charge in [0.1, 0.15) is 5.82 Å². The first-order valence-corrected chi connectivity index (χ1v) is 12.1. The number of aromatic nitrogens is 3. The van der Waals surface area contributed by atoms with Crippen LogP contribution in [0.25, 0.3) is 27.5 Å². The van der Waals surface area contributed by atoms with Crippen LogP contribution in [-0.4, -0.2) is 31.1 Å². The van der Waals surface area contributed by atoms with Crippen LogP contribution in [0.15, 0.2) is 52.7 Å². The molecule has 2 aromatic heterocycles. The van der Waals surface area contributed by atoms with Crippen molar-refractivity contribution in [2.24, 2.45) is 0 Å². The standard InChI is InChI=1S/C24H19F4N3O2S2/c1-12(2)34-22-19(15-4-8-16(9-5-15)24(26,27)28)29-23(35-22)31-20(21(32)33)18(13(3)30-31)14-6-10-17(25)11-7-14/h4-12H,1-3H3,(H,32,33). The second-order valence-corrected chi connectivity index (χ2v) is 10.7. The number of nitrogens with zero attached hydrogens (tertiary/aromatic N) is 3. The second kappa shape index (κ2) is 9.46. The van der Waals surface area contributed by atoms with Crippen molar-refractivity contribution in [2.45, 2.75) is 36.4 Å². The minimum atomic E-state index is -4.46. The molecule has 35 heavy (non-hydrogen) atoms. The number of hydrogen-bond donors (Lipinski definition) is 1. The van der Waals surface area contributed by atoms with Gasteiger partial charge in [-0.15, -0.1) is 11.8 Å². The summed E-state index contributed by atoms with van der Waals surface area (Å²) in [5.41, 5.74) is 1.26. The molecular weight excluding hydrogens is 502 g/mol. The molecule has 0 radical (unpaired) electrons. The van der Waals surface area contributed by atoms with Crippen molar-refractivity contribution >= 4 is 29.1 Å². The Balaban J connectivity index is 1.86. The van der Waals surface area contributed by atoms with E-state index in [-0.39, 0.29) is 16.1 Å². The summed E-state index contributed by atoms with van der Waals surface area (Å²) in [5, 5.41) is 14.8. The number of aryl methyl sites for hydroxylation is 1. The van der Waals surface area contributed by atoms with Gasteiger partial charge in [0.2, 0.25) is 5.13 Å². The fraction of sp³-hybridized carbons (Fsp3) is 0.208. The van der Waals surface area contributed by atoms with E-state index in [0.717, 1.165) is 16.3 Å². The zero-order valence-electron chi connectivity index (χ0n) is 18.7. The van der Waals surface area contributed by atoms with Crippen LogP contribution in [0.4, 0.5) is 17.6 Å². The normalized spacial score (nSPS) is 11.9. The molecule has 4 rings (SSSR count). The number of benzene rings is 2. The number of thiazole rings is 1. The van der Waals surface area contributed by atoms with Crippen LogP contribution in [0, 0.1) is 12.7 Å². The second-order valence-electron chi connectivity index (χ2n) is 7.91. The number of halogens is 4. The molecule has 0 aliphatic heterocycles. The lowest BCUT2D eigenvalue weighted by atomic mass is 10.0. The summed E-state index contributed by atoms with van der Waals surface area (Å²) in [7, 11) is 0. The number of hydrogen-bond acceptors (Lipinski definition) is 5. The van der Waals surface area contributed by atoms with Gasteiger partial charge in [0, 0.05) is 16.4 Å². The van der Waals surface area contributed by atoms with Gasteiger partial charge in [-0.25, -0.2) is 14.2 Å². The van der Waals surface area contributed by atoms with Gasteiger partial charge in [0.05, 0.1) is 21.2 Å². The first kappa shape index (κ1) is 24.9. The smallest absolute Gasteiger partial charge is 0.416 e. The summed E-state index contributed by atoms with van der Waals surface area (Å²) in [4.78, 5) is 16.9. The van der Waals surface area contributed by atoms with Crippen LogP contribution in [0.3, 0.4) is 0 Å². The average molecular weight is 522 g/mol. The molecule has 11 heteroatoms. The molecule has 0 unspecified atom stereocenters. The molecule has 182 valence electrons. The molecule has 1 N–H and O–H groups in total. The minimum absolute atomic E-state index is 0.136. The Morgan fingerprint density at radius 2 is 1.66 bits per heavy atom. The summed E-state index contributed by atoms with van der Waals surface area (Å²) in [6, 6.07) is 10.1. The Labute approximate surface area is 206 Å². The van der Waals surface area contributed by atoms with Gasteiger partial charge in [-0.05, 0) is 36.8 Å². The van der Waals surface area contributed by atoms with Gasteiger partial charge in [0.15, 0.2) is 5.69 Å². The Kier molecular flexibility index (Phi) is 6.74. The van der Waals surface area contributed by atoms with E-state index in [1.165, 1.54) is 64.2 Å². The van der Waals surface area contributed by atoms with E-state index in [4.69, 9.17) is 0 Å². The molecule has 2 heterocycles. The quantitative estimate of drug-likeness (QED) is 0.213. The number of carboxylic acid groups (broad SMARTS) is 1. The van der Waals surface area contributed by atoms with Crippen molar-refractivity contribution in [1.29, 1.82) is 0 Å². The molecule has 0 atom stereocenters.